The van der Waals surface area contributed by atoms with E-state index in [1.54, 1.807) is 43.3 Å². The van der Waals surface area contributed by atoms with Gasteiger partial charge in [0.25, 0.3) is 17.7 Å². The van der Waals surface area contributed by atoms with Crippen molar-refractivity contribution < 1.29 is 28.7 Å². The Balaban J connectivity index is 1.72. The van der Waals surface area contributed by atoms with Crippen LogP contribution in [-0.4, -0.2) is 68.8 Å². The van der Waals surface area contributed by atoms with Gasteiger partial charge in [0, 0.05) is 12.7 Å². The summed E-state index contributed by atoms with van der Waals surface area (Å²) >= 11 is 0. The van der Waals surface area contributed by atoms with Crippen LogP contribution in [0.25, 0.3) is 10.8 Å². The summed E-state index contributed by atoms with van der Waals surface area (Å²) in [5.74, 6) is -2.03. The Morgan fingerprint density at radius 2 is 1.72 bits per heavy atom. The molecule has 2 N–H and O–H groups in total. The second-order valence-corrected chi connectivity index (χ2v) is 9.12. The molecule has 10 nitrogen and oxygen atoms in total. The molecule has 0 aromatic heterocycles. The molecule has 4 amide bonds. The number of aldehydes is 1. The Bertz CT molecular complexity index is 1400. The first-order valence-electron chi connectivity index (χ1n) is 12.6. The summed E-state index contributed by atoms with van der Waals surface area (Å²) in [6.45, 7) is 0.931. The van der Waals surface area contributed by atoms with Gasteiger partial charge in [0.1, 0.15) is 25.5 Å². The number of carbonyl (C=O) groups is 5. The number of nitrogens with zero attached hydrogens (tertiary/aromatic N) is 2. The number of hydrogen-bond donors (Lipinski definition) is 2. The van der Waals surface area contributed by atoms with Gasteiger partial charge >= 0.3 is 0 Å². The smallest absolute Gasteiger partial charge is 0.253 e. The van der Waals surface area contributed by atoms with E-state index in [1.807, 2.05) is 30.3 Å². The van der Waals surface area contributed by atoms with Crippen molar-refractivity contribution >= 4 is 52.1 Å². The third-order valence-corrected chi connectivity index (χ3v) is 6.55. The maximum atomic E-state index is 13.9. The molecule has 1 aliphatic rings. The van der Waals surface area contributed by atoms with Crippen molar-refractivity contribution in [2.24, 2.45) is 0 Å². The fraction of sp³-hybridized carbons (Fsp3) is 0.276. The lowest BCUT2D eigenvalue weighted by atomic mass is 10.0. The number of para-hydroxylation sites is 2. The van der Waals surface area contributed by atoms with Crippen molar-refractivity contribution in [1.29, 1.82) is 0 Å². The number of nitrogens with one attached hydrogen (secondary N) is 2. The first kappa shape index (κ1) is 27.5. The topological polar surface area (TPSA) is 125 Å². The predicted octanol–water partition coefficient (Wildman–Crippen LogP) is 2.06. The number of ether oxygens (including phenoxy) is 1. The third kappa shape index (κ3) is 5.96. The quantitative estimate of drug-likeness (QED) is 0.408. The highest BCUT2D eigenvalue weighted by atomic mass is 16.5. The summed E-state index contributed by atoms with van der Waals surface area (Å²) in [6.07, 6.45) is 1.03. The van der Waals surface area contributed by atoms with Gasteiger partial charge in [0.2, 0.25) is 5.91 Å². The van der Waals surface area contributed by atoms with Gasteiger partial charge in [-0.15, -0.1) is 0 Å². The Labute approximate surface area is 225 Å². The highest BCUT2D eigenvalue weighted by molar-refractivity contribution is 6.13. The molecule has 0 radical (unpaired) electrons. The van der Waals surface area contributed by atoms with Crippen LogP contribution in [-0.2, 0) is 23.9 Å². The van der Waals surface area contributed by atoms with E-state index in [1.165, 1.54) is 16.9 Å². The number of hydrogen-bond acceptors (Lipinski definition) is 6. The van der Waals surface area contributed by atoms with E-state index in [4.69, 9.17) is 4.74 Å². The molecule has 4 rings (SSSR count). The van der Waals surface area contributed by atoms with Crippen LogP contribution in [0.5, 0.6) is 0 Å². The normalized spacial score (nSPS) is 15.7. The van der Waals surface area contributed by atoms with E-state index in [0.29, 0.717) is 35.0 Å². The van der Waals surface area contributed by atoms with Crippen LogP contribution in [0.15, 0.2) is 66.7 Å². The van der Waals surface area contributed by atoms with Crippen molar-refractivity contribution in [3.8, 4) is 0 Å². The van der Waals surface area contributed by atoms with E-state index >= 15 is 0 Å². The maximum Gasteiger partial charge on any atom is 0.253 e. The lowest BCUT2D eigenvalue weighted by Gasteiger charge is -2.25. The fourth-order valence-electron chi connectivity index (χ4n) is 4.58. The minimum absolute atomic E-state index is 0.168. The molecule has 0 saturated heterocycles. The Hall–Kier alpha value is -4.57. The highest BCUT2D eigenvalue weighted by Gasteiger charge is 2.38. The summed E-state index contributed by atoms with van der Waals surface area (Å²) in [6, 6.07) is 17.5. The average molecular weight is 531 g/mol. The Morgan fingerprint density at radius 1 is 1.03 bits per heavy atom. The van der Waals surface area contributed by atoms with Crippen LogP contribution in [0.3, 0.4) is 0 Å². The maximum absolute atomic E-state index is 13.9. The van der Waals surface area contributed by atoms with E-state index in [2.05, 4.69) is 10.6 Å². The van der Waals surface area contributed by atoms with Crippen LogP contribution in [0.1, 0.15) is 23.7 Å². The molecule has 1 aliphatic heterocycles. The van der Waals surface area contributed by atoms with Gasteiger partial charge in [-0.1, -0.05) is 55.5 Å². The van der Waals surface area contributed by atoms with Gasteiger partial charge in [-0.3, -0.25) is 24.1 Å². The number of fused-ring (bicyclic) bond motifs is 2. The largest absolute Gasteiger partial charge is 0.375 e. The van der Waals surface area contributed by atoms with Gasteiger partial charge in [-0.2, -0.15) is 0 Å². The summed E-state index contributed by atoms with van der Waals surface area (Å²) in [4.78, 5) is 67.2. The first-order valence-corrected chi connectivity index (χ1v) is 12.6. The number of carbonyl (C=O) groups excluding carboxylic acids is 5. The van der Waals surface area contributed by atoms with E-state index in [-0.39, 0.29) is 13.2 Å². The van der Waals surface area contributed by atoms with Crippen LogP contribution in [0.2, 0.25) is 0 Å². The van der Waals surface area contributed by atoms with E-state index in [9.17, 15) is 24.0 Å². The average Bonchev–Trinajstić information content (AvgIpc) is 3.06. The van der Waals surface area contributed by atoms with E-state index < -0.39 is 42.3 Å². The Morgan fingerprint density at radius 3 is 2.44 bits per heavy atom. The molecule has 0 saturated carbocycles. The minimum atomic E-state index is -1.18. The summed E-state index contributed by atoms with van der Waals surface area (Å²) in [5, 5.41) is 6.97. The van der Waals surface area contributed by atoms with Gasteiger partial charge in [0.05, 0.1) is 24.0 Å². The SMILES string of the molecule is CCC(C=O)NC(=O)CN1C(=O)C(NC(=O)c2cccc3ccccc23)CN(C(=O)COC)c2ccccc21. The molecule has 0 spiro atoms. The summed E-state index contributed by atoms with van der Waals surface area (Å²) < 4.78 is 5.06. The predicted molar refractivity (Wildman–Crippen MR) is 147 cm³/mol. The standard InChI is InChI=1S/C29H30N4O6/c1-3-20(17-34)30-26(35)16-33-25-14-7-6-13-24(25)32(27(36)18-39-2)15-23(29(33)38)31-28(37)22-12-8-10-19-9-4-5-11-21(19)22/h4-14,17,20,23H,3,15-16,18H2,1-2H3,(H,30,35)(H,31,37). The van der Waals surface area contributed by atoms with Crippen molar-refractivity contribution in [1.82, 2.24) is 10.6 Å². The van der Waals surface area contributed by atoms with Crippen molar-refractivity contribution in [3.05, 3.63) is 72.3 Å². The van der Waals surface area contributed by atoms with Gasteiger partial charge < -0.3 is 25.1 Å². The van der Waals surface area contributed by atoms with Crippen LogP contribution in [0.4, 0.5) is 11.4 Å². The zero-order chi connectivity index (χ0) is 27.9. The first-order chi connectivity index (χ1) is 18.9. The lowest BCUT2D eigenvalue weighted by Crippen LogP contribution is -2.55. The number of anilines is 2. The molecular weight excluding hydrogens is 500 g/mol. The molecule has 0 bridgehead atoms. The van der Waals surface area contributed by atoms with Crippen molar-refractivity contribution in [2.45, 2.75) is 25.4 Å². The molecule has 202 valence electrons. The fourth-order valence-corrected chi connectivity index (χ4v) is 4.58. The number of benzene rings is 3. The molecule has 3 aromatic rings. The zero-order valence-corrected chi connectivity index (χ0v) is 21.8. The van der Waals surface area contributed by atoms with Crippen LogP contribution < -0.4 is 20.4 Å². The van der Waals surface area contributed by atoms with Crippen LogP contribution >= 0.6 is 0 Å². The monoisotopic (exact) mass is 530 g/mol. The van der Waals surface area contributed by atoms with Crippen LogP contribution in [0, 0.1) is 0 Å². The minimum Gasteiger partial charge on any atom is -0.375 e. The lowest BCUT2D eigenvalue weighted by molar-refractivity contribution is -0.126. The van der Waals surface area contributed by atoms with Gasteiger partial charge in [-0.25, -0.2) is 0 Å². The number of methoxy groups -OCH3 is 1. The third-order valence-electron chi connectivity index (χ3n) is 6.55. The Kier molecular flexibility index (Phi) is 8.67. The van der Waals surface area contributed by atoms with Crippen molar-refractivity contribution in [2.75, 3.05) is 36.6 Å². The zero-order valence-electron chi connectivity index (χ0n) is 21.8. The highest BCUT2D eigenvalue weighted by Crippen LogP contribution is 2.33. The number of amides is 4. The molecule has 39 heavy (non-hydrogen) atoms. The van der Waals surface area contributed by atoms with Gasteiger partial charge in [0.15, 0.2) is 0 Å². The van der Waals surface area contributed by atoms with Crippen molar-refractivity contribution in [3.63, 3.8) is 0 Å². The molecule has 0 aliphatic carbocycles. The molecule has 1 heterocycles. The molecule has 0 fully saturated rings. The summed E-state index contributed by atoms with van der Waals surface area (Å²) in [7, 11) is 1.39. The second-order valence-electron chi connectivity index (χ2n) is 9.12. The molecular formula is C29H30N4O6. The summed E-state index contributed by atoms with van der Waals surface area (Å²) in [5.41, 5.74) is 1.09. The second kappa shape index (κ2) is 12.3. The van der Waals surface area contributed by atoms with E-state index in [0.717, 1.165) is 5.39 Å². The molecule has 2 atom stereocenters. The number of rotatable bonds is 9. The molecule has 2 unspecified atom stereocenters. The molecule has 3 aromatic carbocycles. The van der Waals surface area contributed by atoms with Gasteiger partial charge in [-0.05, 0) is 35.4 Å². The molecule has 10 heteroatoms.